The van der Waals surface area contributed by atoms with Gasteiger partial charge < -0.3 is 13.7 Å². The largest absolute Gasteiger partial charge is 0.309 e. The summed E-state index contributed by atoms with van der Waals surface area (Å²) in [6.07, 6.45) is 0. The Bertz CT molecular complexity index is 3910. The fourth-order valence-electron chi connectivity index (χ4n) is 11.6. The molecule has 324 valence electrons. The van der Waals surface area contributed by atoms with Crippen molar-refractivity contribution in [1.29, 1.82) is 0 Å². The van der Waals surface area contributed by atoms with Gasteiger partial charge in [-0.25, -0.2) is 0 Å². The third-order valence-electron chi connectivity index (χ3n) is 14.5. The van der Waals surface area contributed by atoms with E-state index in [1.54, 1.807) is 0 Å². The maximum atomic E-state index is 2.64. The minimum absolute atomic E-state index is 1.14. The van der Waals surface area contributed by atoms with Gasteiger partial charge in [0, 0.05) is 32.3 Å². The quantitative estimate of drug-likeness (QED) is 0.107. The Morgan fingerprint density at radius 2 is 0.676 bits per heavy atom. The molecule has 0 unspecified atom stereocenters. The molecular weight excluding hydrogens is 855 g/mol. The summed E-state index contributed by atoms with van der Waals surface area (Å²) in [5.74, 6) is 0. The van der Waals surface area contributed by atoms with E-state index >= 15 is 0 Å². The van der Waals surface area contributed by atoms with E-state index in [4.69, 9.17) is 0 Å². The maximum Gasteiger partial charge on any atom is 0.181 e. The normalized spacial score (nSPS) is 12.3. The van der Waals surface area contributed by atoms with Crippen LogP contribution < -0.4 is 25.9 Å². The van der Waals surface area contributed by atoms with Crippen molar-refractivity contribution in [2.45, 2.75) is 19.6 Å². The summed E-state index contributed by atoms with van der Waals surface area (Å²) in [5, 5.41) is 14.3. The van der Waals surface area contributed by atoms with Crippen LogP contribution in [0.1, 0.15) is 0 Å². The van der Waals surface area contributed by atoms with Crippen LogP contribution in [0.3, 0.4) is 0 Å². The molecule has 3 heterocycles. The van der Waals surface area contributed by atoms with E-state index in [1.165, 1.54) is 103 Å². The molecule has 0 aliphatic heterocycles. The van der Waals surface area contributed by atoms with Crippen molar-refractivity contribution in [2.75, 3.05) is 0 Å². The number of benzene rings is 10. The fraction of sp³-hybridized carbons (Fsp3) is 0.0476. The summed E-state index contributed by atoms with van der Waals surface area (Å²) in [7, 11) is -4.74. The first-order chi connectivity index (χ1) is 33.4. The Morgan fingerprint density at radius 3 is 1.21 bits per heavy atom. The number of para-hydroxylation sites is 5. The van der Waals surface area contributed by atoms with Crippen LogP contribution in [0.25, 0.3) is 82.5 Å². The van der Waals surface area contributed by atoms with Gasteiger partial charge in [0.05, 0.1) is 58.2 Å². The van der Waals surface area contributed by atoms with Crippen LogP contribution in [0.15, 0.2) is 243 Å². The molecule has 0 aliphatic carbocycles. The van der Waals surface area contributed by atoms with E-state index in [1.807, 2.05) is 0 Å². The Kier molecular flexibility index (Phi) is 9.23. The van der Waals surface area contributed by atoms with Crippen molar-refractivity contribution in [1.82, 2.24) is 13.7 Å². The van der Waals surface area contributed by atoms with Gasteiger partial charge in [-0.05, 0) is 69.3 Å². The molecule has 68 heavy (non-hydrogen) atoms. The summed E-state index contributed by atoms with van der Waals surface area (Å²) in [6, 6.07) is 91.4. The zero-order valence-corrected chi connectivity index (χ0v) is 40.4. The summed E-state index contributed by atoms with van der Waals surface area (Å²) >= 11 is 0. The molecule has 3 aromatic heterocycles. The topological polar surface area (TPSA) is 14.8 Å². The molecule has 13 aromatic rings. The molecule has 5 heteroatoms. The molecule has 13 rings (SSSR count). The highest BCUT2D eigenvalue weighted by Gasteiger charge is 2.44. The number of rotatable bonds is 8. The Hall–Kier alpha value is -7.97. The predicted molar refractivity (Wildman–Crippen MR) is 296 cm³/mol. The van der Waals surface area contributed by atoms with Crippen LogP contribution in [0.5, 0.6) is 0 Å². The number of fused-ring (bicyclic) bond motifs is 9. The van der Waals surface area contributed by atoms with Gasteiger partial charge in [-0.2, -0.15) is 0 Å². The lowest BCUT2D eigenvalue weighted by molar-refractivity contribution is 1.10. The second kappa shape index (κ2) is 15.6. The molecule has 0 amide bonds. The van der Waals surface area contributed by atoms with Gasteiger partial charge in [0.2, 0.25) is 0 Å². The molecule has 0 fully saturated rings. The van der Waals surface area contributed by atoms with Crippen LogP contribution in [-0.2, 0) is 0 Å². The van der Waals surface area contributed by atoms with Crippen molar-refractivity contribution in [2.24, 2.45) is 0 Å². The maximum absolute atomic E-state index is 3.15. The van der Waals surface area contributed by atoms with Crippen LogP contribution in [-0.4, -0.2) is 29.8 Å². The van der Waals surface area contributed by atoms with Crippen molar-refractivity contribution < 1.29 is 0 Å². The summed E-state index contributed by atoms with van der Waals surface area (Å²) < 4.78 is 7.71. The van der Waals surface area contributed by atoms with Crippen LogP contribution in [0, 0.1) is 0 Å². The highest BCUT2D eigenvalue weighted by Crippen LogP contribution is 2.42. The minimum atomic E-state index is -3.15. The molecule has 0 bridgehead atoms. The van der Waals surface area contributed by atoms with Crippen LogP contribution in [0.2, 0.25) is 19.6 Å². The van der Waals surface area contributed by atoms with Crippen LogP contribution in [0.4, 0.5) is 0 Å². The highest BCUT2D eigenvalue weighted by atomic mass is 28.3. The standard InChI is InChI=1S/C63H49N3Si2/c1-67(2,3)47-41-42-57-52(43-47)50-31-15-19-35-55(50)64(57)58-37-21-38-59-62(58)51-32-16-20-36-56(51)66(59)63-60(65-53-33-17-13-29-48(53)49-30-14-18-34-54(49)65)39-22-40-61(63)68(44-23-7-4-8-24-44,45-25-9-5-10-26-45)46-27-11-6-12-28-46/h4-43H,1-3H3. The third-order valence-corrected chi connectivity index (χ3v) is 21.4. The highest BCUT2D eigenvalue weighted by molar-refractivity contribution is 7.20. The molecule has 0 saturated carbocycles. The van der Waals surface area contributed by atoms with Gasteiger partial charge >= 0.3 is 0 Å². The van der Waals surface area contributed by atoms with E-state index in [-0.39, 0.29) is 0 Å². The first-order valence-electron chi connectivity index (χ1n) is 23.8. The smallest absolute Gasteiger partial charge is 0.181 e. The number of hydrogen-bond acceptors (Lipinski definition) is 0. The lowest BCUT2D eigenvalue weighted by atomic mass is 10.1. The first kappa shape index (κ1) is 40.3. The van der Waals surface area contributed by atoms with Gasteiger partial charge in [0.15, 0.2) is 8.07 Å². The molecule has 0 atom stereocenters. The summed E-state index contributed by atoms with van der Waals surface area (Å²) in [4.78, 5) is 0. The number of aromatic nitrogens is 3. The van der Waals surface area contributed by atoms with Gasteiger partial charge in [0.1, 0.15) is 0 Å². The van der Waals surface area contributed by atoms with Gasteiger partial charge in [-0.1, -0.05) is 219 Å². The fourth-order valence-corrected chi connectivity index (χ4v) is 17.7. The molecule has 10 aromatic carbocycles. The Balaban J connectivity index is 1.24. The Labute approximate surface area is 398 Å². The van der Waals surface area contributed by atoms with Crippen molar-refractivity contribution >= 4 is 107 Å². The second-order valence-corrected chi connectivity index (χ2v) is 28.1. The van der Waals surface area contributed by atoms with Gasteiger partial charge in [-0.3, -0.25) is 0 Å². The zero-order valence-electron chi connectivity index (χ0n) is 38.4. The van der Waals surface area contributed by atoms with Crippen molar-refractivity contribution in [3.05, 3.63) is 243 Å². The third kappa shape index (κ3) is 5.89. The first-order valence-corrected chi connectivity index (χ1v) is 29.3. The van der Waals surface area contributed by atoms with Crippen LogP contribution >= 0.6 is 0 Å². The lowest BCUT2D eigenvalue weighted by Crippen LogP contribution is -2.75. The SMILES string of the molecule is C[Si](C)(C)c1ccc2c(c1)c1ccccc1n2-c1cccc2c1c1ccccc1n2-c1c(-n2c3ccccc3c3ccccc32)cccc1[Si](c1ccccc1)(c1ccccc1)c1ccccc1. The Morgan fingerprint density at radius 1 is 0.279 bits per heavy atom. The van der Waals surface area contributed by atoms with Gasteiger partial charge in [-0.15, -0.1) is 0 Å². The van der Waals surface area contributed by atoms with E-state index < -0.39 is 16.1 Å². The van der Waals surface area contributed by atoms with E-state index in [2.05, 4.69) is 276 Å². The van der Waals surface area contributed by atoms with E-state index in [0.717, 1.165) is 5.69 Å². The average molecular weight is 904 g/mol. The van der Waals surface area contributed by atoms with E-state index in [9.17, 15) is 0 Å². The second-order valence-electron chi connectivity index (χ2n) is 19.2. The van der Waals surface area contributed by atoms with Gasteiger partial charge in [0.25, 0.3) is 0 Å². The summed E-state index contributed by atoms with van der Waals surface area (Å²) in [6.45, 7) is 7.33. The molecule has 0 saturated heterocycles. The number of nitrogens with zero attached hydrogens (tertiary/aromatic N) is 3. The van der Waals surface area contributed by atoms with Crippen molar-refractivity contribution in [3.8, 4) is 17.1 Å². The molecule has 0 N–H and O–H groups in total. The monoisotopic (exact) mass is 903 g/mol. The molecule has 0 aliphatic rings. The molecular formula is C63H49N3Si2. The molecule has 0 spiro atoms. The average Bonchev–Trinajstić information content (AvgIpc) is 4.03. The lowest BCUT2D eigenvalue weighted by Gasteiger charge is -2.37. The zero-order chi connectivity index (χ0) is 45.6. The summed E-state index contributed by atoms with van der Waals surface area (Å²) in [5.41, 5.74) is 10.7. The molecule has 0 radical (unpaired) electrons. The predicted octanol–water partition coefficient (Wildman–Crippen LogP) is 12.9. The number of hydrogen-bond donors (Lipinski definition) is 0. The van der Waals surface area contributed by atoms with Crippen molar-refractivity contribution in [3.63, 3.8) is 0 Å². The molecule has 3 nitrogen and oxygen atoms in total. The minimum Gasteiger partial charge on any atom is -0.309 e. The van der Waals surface area contributed by atoms with E-state index in [0.29, 0.717) is 0 Å².